The fourth-order valence-electron chi connectivity index (χ4n) is 4.01. The first-order valence-electron chi connectivity index (χ1n) is 9.26. The first kappa shape index (κ1) is 16.9. The molecule has 1 amide bonds. The highest BCUT2D eigenvalue weighted by atomic mass is 16.5. The van der Waals surface area contributed by atoms with Crippen molar-refractivity contribution in [2.45, 2.75) is 38.6 Å². The molecule has 26 heavy (non-hydrogen) atoms. The lowest BCUT2D eigenvalue weighted by Gasteiger charge is -2.29. The summed E-state index contributed by atoms with van der Waals surface area (Å²) in [7, 11) is 3.49. The normalized spacial score (nSPS) is 18.5. The van der Waals surface area contributed by atoms with Crippen molar-refractivity contribution >= 4 is 5.91 Å². The summed E-state index contributed by atoms with van der Waals surface area (Å²) in [6, 6.07) is 5.82. The first-order chi connectivity index (χ1) is 12.7. The van der Waals surface area contributed by atoms with E-state index in [0.717, 1.165) is 35.6 Å². The number of hydrogen-bond donors (Lipinski definition) is 1. The van der Waals surface area contributed by atoms with Crippen LogP contribution in [-0.2, 0) is 30.6 Å². The number of methoxy groups -OCH3 is 1. The predicted octanol–water partition coefficient (Wildman–Crippen LogP) is 2.51. The van der Waals surface area contributed by atoms with Crippen molar-refractivity contribution in [3.8, 4) is 11.5 Å². The SMILES string of the molecule is COc1cccc2c1OC[C@@H](C(=O)N(C)Cc1n[nH]c3c1CCCC3)C2. The molecule has 1 aromatic heterocycles. The second-order valence-corrected chi connectivity index (χ2v) is 7.19. The molecule has 0 spiro atoms. The van der Waals surface area contributed by atoms with Crippen molar-refractivity contribution in [3.05, 3.63) is 40.7 Å². The Morgan fingerprint density at radius 3 is 3.08 bits per heavy atom. The maximum Gasteiger partial charge on any atom is 0.229 e. The van der Waals surface area contributed by atoms with Crippen molar-refractivity contribution in [1.29, 1.82) is 0 Å². The molecule has 1 aromatic carbocycles. The van der Waals surface area contributed by atoms with Crippen LogP contribution >= 0.6 is 0 Å². The minimum absolute atomic E-state index is 0.103. The Morgan fingerprint density at radius 1 is 1.38 bits per heavy atom. The molecule has 6 heteroatoms. The molecule has 0 saturated carbocycles. The minimum atomic E-state index is -0.172. The molecule has 2 heterocycles. The number of benzene rings is 1. The maximum absolute atomic E-state index is 12.9. The lowest BCUT2D eigenvalue weighted by molar-refractivity contribution is -0.136. The van der Waals surface area contributed by atoms with E-state index >= 15 is 0 Å². The smallest absolute Gasteiger partial charge is 0.229 e. The average Bonchev–Trinajstić information content (AvgIpc) is 3.09. The summed E-state index contributed by atoms with van der Waals surface area (Å²) in [5.41, 5.74) is 4.59. The van der Waals surface area contributed by atoms with Gasteiger partial charge < -0.3 is 14.4 Å². The number of aromatic amines is 1. The van der Waals surface area contributed by atoms with E-state index in [4.69, 9.17) is 9.47 Å². The third kappa shape index (κ3) is 3.04. The Bertz CT molecular complexity index is 815. The van der Waals surface area contributed by atoms with Crippen molar-refractivity contribution in [2.24, 2.45) is 5.92 Å². The molecule has 1 aliphatic heterocycles. The summed E-state index contributed by atoms with van der Waals surface area (Å²) >= 11 is 0. The molecule has 0 bridgehead atoms. The van der Waals surface area contributed by atoms with E-state index < -0.39 is 0 Å². The van der Waals surface area contributed by atoms with Gasteiger partial charge in [0.2, 0.25) is 5.91 Å². The van der Waals surface area contributed by atoms with E-state index in [-0.39, 0.29) is 11.8 Å². The first-order valence-corrected chi connectivity index (χ1v) is 9.26. The highest BCUT2D eigenvalue weighted by Crippen LogP contribution is 2.36. The van der Waals surface area contributed by atoms with Crippen LogP contribution in [0.25, 0.3) is 0 Å². The number of ether oxygens (including phenoxy) is 2. The van der Waals surface area contributed by atoms with Gasteiger partial charge in [0.15, 0.2) is 11.5 Å². The topological polar surface area (TPSA) is 67.5 Å². The third-order valence-corrected chi connectivity index (χ3v) is 5.43. The number of nitrogens with zero attached hydrogens (tertiary/aromatic N) is 2. The zero-order valence-corrected chi connectivity index (χ0v) is 15.4. The highest BCUT2D eigenvalue weighted by Gasteiger charge is 2.30. The molecule has 1 N–H and O–H groups in total. The molecule has 0 radical (unpaired) electrons. The Morgan fingerprint density at radius 2 is 2.23 bits per heavy atom. The maximum atomic E-state index is 12.9. The van der Waals surface area contributed by atoms with Crippen molar-refractivity contribution in [3.63, 3.8) is 0 Å². The van der Waals surface area contributed by atoms with E-state index in [9.17, 15) is 4.79 Å². The van der Waals surface area contributed by atoms with Crippen LogP contribution in [0, 0.1) is 5.92 Å². The van der Waals surface area contributed by atoms with Gasteiger partial charge in [-0.25, -0.2) is 0 Å². The quantitative estimate of drug-likeness (QED) is 0.915. The minimum Gasteiger partial charge on any atom is -0.493 e. The third-order valence-electron chi connectivity index (χ3n) is 5.43. The molecule has 4 rings (SSSR count). The number of aromatic nitrogens is 2. The molecule has 0 saturated heterocycles. The van der Waals surface area contributed by atoms with Gasteiger partial charge in [0.1, 0.15) is 6.61 Å². The Hall–Kier alpha value is -2.50. The van der Waals surface area contributed by atoms with E-state index in [1.54, 1.807) is 12.0 Å². The summed E-state index contributed by atoms with van der Waals surface area (Å²) in [6.45, 7) is 0.932. The second-order valence-electron chi connectivity index (χ2n) is 7.19. The zero-order valence-electron chi connectivity index (χ0n) is 15.4. The summed E-state index contributed by atoms with van der Waals surface area (Å²) in [4.78, 5) is 14.7. The predicted molar refractivity (Wildman–Crippen MR) is 97.4 cm³/mol. The summed E-state index contributed by atoms with van der Waals surface area (Å²) in [5, 5.41) is 7.61. The number of aryl methyl sites for hydroxylation is 1. The molecule has 0 fully saturated rings. The van der Waals surface area contributed by atoms with Crippen LogP contribution in [0.15, 0.2) is 18.2 Å². The fourth-order valence-corrected chi connectivity index (χ4v) is 4.01. The number of nitrogens with one attached hydrogen (secondary N) is 1. The zero-order chi connectivity index (χ0) is 18.1. The molecule has 2 aliphatic rings. The van der Waals surface area contributed by atoms with Crippen molar-refractivity contribution in [2.75, 3.05) is 20.8 Å². The van der Waals surface area contributed by atoms with Gasteiger partial charge in [0.25, 0.3) is 0 Å². The molecule has 1 aliphatic carbocycles. The molecule has 138 valence electrons. The molecule has 2 aromatic rings. The van der Waals surface area contributed by atoms with Gasteiger partial charge in [-0.15, -0.1) is 0 Å². The van der Waals surface area contributed by atoms with Gasteiger partial charge in [-0.05, 0) is 49.3 Å². The van der Waals surface area contributed by atoms with E-state index in [0.29, 0.717) is 19.6 Å². The Labute approximate surface area is 153 Å². The Kier molecular flexibility index (Phi) is 4.57. The van der Waals surface area contributed by atoms with Crippen molar-refractivity contribution < 1.29 is 14.3 Å². The summed E-state index contributed by atoms with van der Waals surface area (Å²) < 4.78 is 11.2. The number of para-hydroxylation sites is 1. The largest absolute Gasteiger partial charge is 0.493 e. The molecular weight excluding hydrogens is 330 g/mol. The summed E-state index contributed by atoms with van der Waals surface area (Å²) in [5.74, 6) is 1.42. The molecule has 1 atom stereocenters. The van der Waals surface area contributed by atoms with Gasteiger partial charge in [-0.2, -0.15) is 5.10 Å². The number of hydrogen-bond acceptors (Lipinski definition) is 4. The standard InChI is InChI=1S/C20H25N3O3/c1-23(11-17-15-7-3-4-8-16(15)21-22-17)20(24)14-10-13-6-5-9-18(25-2)19(13)26-12-14/h5-6,9,14H,3-4,7-8,10-12H2,1-2H3,(H,21,22)/t14-/m0/s1. The van der Waals surface area contributed by atoms with E-state index in [1.165, 1.54) is 24.1 Å². The Balaban J connectivity index is 1.45. The van der Waals surface area contributed by atoms with Gasteiger partial charge >= 0.3 is 0 Å². The molecule has 0 unspecified atom stereocenters. The lowest BCUT2D eigenvalue weighted by Crippen LogP contribution is -2.38. The van der Waals surface area contributed by atoms with Crippen LogP contribution in [0.2, 0.25) is 0 Å². The van der Waals surface area contributed by atoms with Crippen LogP contribution in [-0.4, -0.2) is 41.8 Å². The molecular formula is C20H25N3O3. The van der Waals surface area contributed by atoms with Gasteiger partial charge in [-0.1, -0.05) is 12.1 Å². The van der Waals surface area contributed by atoms with Crippen LogP contribution in [0.3, 0.4) is 0 Å². The van der Waals surface area contributed by atoms with Crippen LogP contribution in [0.1, 0.15) is 35.4 Å². The number of amides is 1. The van der Waals surface area contributed by atoms with Gasteiger partial charge in [0.05, 0.1) is 25.3 Å². The number of rotatable bonds is 4. The van der Waals surface area contributed by atoms with Crippen molar-refractivity contribution in [1.82, 2.24) is 15.1 Å². The van der Waals surface area contributed by atoms with Gasteiger partial charge in [0, 0.05) is 12.7 Å². The fraction of sp³-hybridized carbons (Fsp3) is 0.500. The highest BCUT2D eigenvalue weighted by molar-refractivity contribution is 5.79. The summed E-state index contributed by atoms with van der Waals surface area (Å²) in [6.07, 6.45) is 5.21. The van der Waals surface area contributed by atoms with Crippen LogP contribution in [0.4, 0.5) is 0 Å². The molecule has 6 nitrogen and oxygen atoms in total. The lowest BCUT2D eigenvalue weighted by atomic mass is 9.94. The monoisotopic (exact) mass is 355 g/mol. The van der Waals surface area contributed by atoms with Crippen LogP contribution in [0.5, 0.6) is 11.5 Å². The second kappa shape index (κ2) is 7.02. The number of carbonyl (C=O) groups excluding carboxylic acids is 1. The van der Waals surface area contributed by atoms with E-state index in [1.807, 2.05) is 25.2 Å². The van der Waals surface area contributed by atoms with E-state index in [2.05, 4.69) is 10.2 Å². The van der Waals surface area contributed by atoms with Gasteiger partial charge in [-0.3, -0.25) is 9.89 Å². The van der Waals surface area contributed by atoms with Crippen LogP contribution < -0.4 is 9.47 Å². The number of carbonyl (C=O) groups is 1. The number of fused-ring (bicyclic) bond motifs is 2. The average molecular weight is 355 g/mol. The number of H-pyrrole nitrogens is 1.